The van der Waals surface area contributed by atoms with Crippen LogP contribution in [0.1, 0.15) is 27.2 Å². The molecule has 0 saturated carbocycles. The Bertz CT molecular complexity index is 203. The molecule has 0 amide bonds. The van der Waals surface area contributed by atoms with Crippen molar-refractivity contribution in [1.29, 1.82) is 0 Å². The van der Waals surface area contributed by atoms with Crippen LogP contribution in [0.15, 0.2) is 0 Å². The lowest BCUT2D eigenvalue weighted by Crippen LogP contribution is -2.41. The summed E-state index contributed by atoms with van der Waals surface area (Å²) in [7, 11) is -0.717. The molecule has 1 heterocycles. The van der Waals surface area contributed by atoms with Gasteiger partial charge in [-0.2, -0.15) is 0 Å². The highest BCUT2D eigenvalue weighted by Gasteiger charge is 2.27. The van der Waals surface area contributed by atoms with Gasteiger partial charge in [0, 0.05) is 40.4 Å². The van der Waals surface area contributed by atoms with Gasteiger partial charge in [-0.25, -0.2) is 0 Å². The molecule has 0 aliphatic carbocycles. The van der Waals surface area contributed by atoms with E-state index >= 15 is 0 Å². The Balaban J connectivity index is 2.45. The summed E-state index contributed by atoms with van der Waals surface area (Å²) in [6, 6.07) is 0.362. The zero-order valence-corrected chi connectivity index (χ0v) is 10.8. The van der Waals surface area contributed by atoms with E-state index in [4.69, 9.17) is 4.74 Å². The first-order chi connectivity index (χ1) is 7.15. The Morgan fingerprint density at radius 2 is 2.27 bits per heavy atom. The van der Waals surface area contributed by atoms with Crippen molar-refractivity contribution in [2.45, 2.75) is 38.5 Å². The van der Waals surface area contributed by atoms with Crippen LogP contribution in [-0.4, -0.2) is 41.0 Å². The Kier molecular flexibility index (Phi) is 5.79. The first kappa shape index (κ1) is 13.1. The SMILES string of the molecule is CCNC(CS(=O)C(C)C)C1CCOC1. The van der Waals surface area contributed by atoms with Crippen molar-refractivity contribution in [3.63, 3.8) is 0 Å². The molecule has 0 spiro atoms. The van der Waals surface area contributed by atoms with E-state index in [1.54, 1.807) is 0 Å². The van der Waals surface area contributed by atoms with Gasteiger partial charge < -0.3 is 10.1 Å². The third kappa shape index (κ3) is 4.21. The zero-order valence-electron chi connectivity index (χ0n) is 9.99. The van der Waals surface area contributed by atoms with Crippen LogP contribution in [0.2, 0.25) is 0 Å². The zero-order chi connectivity index (χ0) is 11.3. The van der Waals surface area contributed by atoms with Gasteiger partial charge in [0.25, 0.3) is 0 Å². The molecule has 15 heavy (non-hydrogen) atoms. The molecule has 1 fully saturated rings. The van der Waals surface area contributed by atoms with Crippen LogP contribution in [0.4, 0.5) is 0 Å². The summed E-state index contributed by atoms with van der Waals surface area (Å²) in [4.78, 5) is 0. The van der Waals surface area contributed by atoms with Crippen LogP contribution in [0.5, 0.6) is 0 Å². The maximum atomic E-state index is 11.8. The van der Waals surface area contributed by atoms with Gasteiger partial charge in [-0.3, -0.25) is 4.21 Å². The number of nitrogens with one attached hydrogen (secondary N) is 1. The van der Waals surface area contributed by atoms with Crippen molar-refractivity contribution in [1.82, 2.24) is 5.32 Å². The van der Waals surface area contributed by atoms with Gasteiger partial charge in [0.05, 0.1) is 6.61 Å². The van der Waals surface area contributed by atoms with E-state index in [2.05, 4.69) is 12.2 Å². The van der Waals surface area contributed by atoms with E-state index in [0.717, 1.165) is 31.9 Å². The lowest BCUT2D eigenvalue weighted by molar-refractivity contribution is 0.179. The molecule has 0 aromatic carbocycles. The van der Waals surface area contributed by atoms with Crippen LogP contribution in [0, 0.1) is 5.92 Å². The summed E-state index contributed by atoms with van der Waals surface area (Å²) < 4.78 is 17.2. The van der Waals surface area contributed by atoms with Crippen LogP contribution in [0.25, 0.3) is 0 Å². The number of rotatable bonds is 6. The predicted octanol–water partition coefficient (Wildman–Crippen LogP) is 1.16. The highest BCUT2D eigenvalue weighted by molar-refractivity contribution is 7.85. The number of ether oxygens (including phenoxy) is 1. The summed E-state index contributed by atoms with van der Waals surface area (Å²) >= 11 is 0. The van der Waals surface area contributed by atoms with Crippen molar-refractivity contribution >= 4 is 10.8 Å². The van der Waals surface area contributed by atoms with Crippen LogP contribution in [0.3, 0.4) is 0 Å². The van der Waals surface area contributed by atoms with Gasteiger partial charge >= 0.3 is 0 Å². The molecule has 1 aliphatic rings. The second kappa shape index (κ2) is 6.61. The molecule has 90 valence electrons. The highest BCUT2D eigenvalue weighted by Crippen LogP contribution is 2.18. The van der Waals surface area contributed by atoms with Crippen molar-refractivity contribution < 1.29 is 8.95 Å². The quantitative estimate of drug-likeness (QED) is 0.748. The number of hydrogen-bond acceptors (Lipinski definition) is 3. The average Bonchev–Trinajstić information content (AvgIpc) is 2.69. The molecular formula is C11H23NO2S. The van der Waals surface area contributed by atoms with Crippen LogP contribution < -0.4 is 5.32 Å². The molecule has 0 bridgehead atoms. The minimum Gasteiger partial charge on any atom is -0.381 e. The van der Waals surface area contributed by atoms with Gasteiger partial charge in [0.15, 0.2) is 0 Å². The van der Waals surface area contributed by atoms with Crippen molar-refractivity contribution in [3.8, 4) is 0 Å². The Morgan fingerprint density at radius 3 is 2.73 bits per heavy atom. The molecule has 3 nitrogen and oxygen atoms in total. The second-order valence-corrected chi connectivity index (χ2v) is 6.42. The Hall–Kier alpha value is 0.0700. The molecule has 4 heteroatoms. The van der Waals surface area contributed by atoms with Crippen molar-refractivity contribution in [3.05, 3.63) is 0 Å². The molecule has 1 saturated heterocycles. The fourth-order valence-electron chi connectivity index (χ4n) is 1.86. The summed E-state index contributed by atoms with van der Waals surface area (Å²) in [5.41, 5.74) is 0. The van der Waals surface area contributed by atoms with Gasteiger partial charge in [-0.15, -0.1) is 0 Å². The summed E-state index contributed by atoms with van der Waals surface area (Å²) in [5, 5.41) is 3.70. The monoisotopic (exact) mass is 233 g/mol. The van der Waals surface area contributed by atoms with E-state index in [1.807, 2.05) is 13.8 Å². The smallest absolute Gasteiger partial charge is 0.0510 e. The molecular weight excluding hydrogens is 210 g/mol. The van der Waals surface area contributed by atoms with E-state index in [1.165, 1.54) is 0 Å². The largest absolute Gasteiger partial charge is 0.381 e. The normalized spacial score (nSPS) is 25.7. The maximum Gasteiger partial charge on any atom is 0.0510 e. The van der Waals surface area contributed by atoms with Crippen LogP contribution in [-0.2, 0) is 15.5 Å². The van der Waals surface area contributed by atoms with Gasteiger partial charge in [0.1, 0.15) is 0 Å². The summed E-state index contributed by atoms with van der Waals surface area (Å²) in [5.74, 6) is 1.31. The van der Waals surface area contributed by atoms with Crippen molar-refractivity contribution in [2.75, 3.05) is 25.5 Å². The van der Waals surface area contributed by atoms with E-state index in [0.29, 0.717) is 12.0 Å². The topological polar surface area (TPSA) is 38.3 Å². The maximum absolute atomic E-state index is 11.8. The third-order valence-electron chi connectivity index (χ3n) is 2.87. The molecule has 3 atom stereocenters. The van der Waals surface area contributed by atoms with E-state index in [9.17, 15) is 4.21 Å². The first-order valence-electron chi connectivity index (χ1n) is 5.83. The molecule has 1 aliphatic heterocycles. The molecule has 3 unspecified atom stereocenters. The average molecular weight is 233 g/mol. The Labute approximate surface area is 95.4 Å². The second-order valence-electron chi connectivity index (χ2n) is 4.38. The minimum atomic E-state index is -0.717. The lowest BCUT2D eigenvalue weighted by Gasteiger charge is -2.23. The van der Waals surface area contributed by atoms with Gasteiger partial charge in [-0.1, -0.05) is 20.8 Å². The van der Waals surface area contributed by atoms with E-state index in [-0.39, 0.29) is 5.25 Å². The molecule has 0 aromatic rings. The number of hydrogen-bond donors (Lipinski definition) is 1. The third-order valence-corrected chi connectivity index (χ3v) is 4.61. The molecule has 0 radical (unpaired) electrons. The summed E-state index contributed by atoms with van der Waals surface area (Å²) in [6.45, 7) is 8.76. The standard InChI is InChI=1S/C11H23NO2S/c1-4-12-11(8-15(13)9(2)3)10-5-6-14-7-10/h9-12H,4-8H2,1-3H3. The summed E-state index contributed by atoms with van der Waals surface area (Å²) in [6.07, 6.45) is 1.10. The predicted molar refractivity (Wildman–Crippen MR) is 64.5 cm³/mol. The van der Waals surface area contributed by atoms with Gasteiger partial charge in [-0.05, 0) is 13.0 Å². The highest BCUT2D eigenvalue weighted by atomic mass is 32.2. The fourth-order valence-corrected chi connectivity index (χ4v) is 2.99. The lowest BCUT2D eigenvalue weighted by atomic mass is 10.0. The molecule has 1 N–H and O–H groups in total. The van der Waals surface area contributed by atoms with Gasteiger partial charge in [0.2, 0.25) is 0 Å². The van der Waals surface area contributed by atoms with Crippen LogP contribution >= 0.6 is 0 Å². The Morgan fingerprint density at radius 1 is 1.53 bits per heavy atom. The fraction of sp³-hybridized carbons (Fsp3) is 1.00. The molecule has 0 aromatic heterocycles. The first-order valence-corrected chi connectivity index (χ1v) is 7.21. The minimum absolute atomic E-state index is 0.258. The molecule has 1 rings (SSSR count). The van der Waals surface area contributed by atoms with E-state index < -0.39 is 10.8 Å². The van der Waals surface area contributed by atoms with Crippen molar-refractivity contribution in [2.24, 2.45) is 5.92 Å².